The molecule has 2 N–H and O–H groups in total. The van der Waals surface area contributed by atoms with Crippen molar-refractivity contribution in [3.8, 4) is 5.75 Å². The zero-order valence-electron chi connectivity index (χ0n) is 9.25. The van der Waals surface area contributed by atoms with Gasteiger partial charge in [0.1, 0.15) is 17.4 Å². The van der Waals surface area contributed by atoms with E-state index in [-0.39, 0.29) is 11.6 Å². The molecule has 2 nitrogen and oxygen atoms in total. The van der Waals surface area contributed by atoms with E-state index in [0.29, 0.717) is 21.4 Å². The van der Waals surface area contributed by atoms with Gasteiger partial charge in [-0.2, -0.15) is 0 Å². The number of halogens is 3. The standard InChI is InChI=1S/C13H10F2INO/c14-9-4-8(5-10(18)6-9)7-17-12-3-1-2-11(15)13(12)16/h1-6,17-18H,7H2. The van der Waals surface area contributed by atoms with E-state index in [4.69, 9.17) is 0 Å². The first-order valence-corrected chi connectivity index (χ1v) is 6.30. The fourth-order valence-electron chi connectivity index (χ4n) is 1.57. The SMILES string of the molecule is Oc1cc(F)cc(CNc2cccc(F)c2I)c1. The molecule has 0 atom stereocenters. The molecule has 5 heteroatoms. The molecular weight excluding hydrogens is 351 g/mol. The summed E-state index contributed by atoms with van der Waals surface area (Å²) in [6, 6.07) is 8.53. The lowest BCUT2D eigenvalue weighted by molar-refractivity contribution is 0.468. The van der Waals surface area contributed by atoms with Gasteiger partial charge in [-0.25, -0.2) is 8.78 Å². The number of aromatic hydroxyl groups is 1. The topological polar surface area (TPSA) is 32.3 Å². The predicted octanol–water partition coefficient (Wildman–Crippen LogP) is 3.89. The highest BCUT2D eigenvalue weighted by Gasteiger charge is 2.05. The third kappa shape index (κ3) is 3.10. The van der Waals surface area contributed by atoms with Crippen LogP contribution in [0.3, 0.4) is 0 Å². The van der Waals surface area contributed by atoms with Crippen LogP contribution in [0.2, 0.25) is 0 Å². The highest BCUT2D eigenvalue weighted by atomic mass is 127. The zero-order valence-corrected chi connectivity index (χ0v) is 11.4. The summed E-state index contributed by atoms with van der Waals surface area (Å²) in [5.74, 6) is -0.927. The molecule has 2 rings (SSSR count). The van der Waals surface area contributed by atoms with Crippen LogP contribution in [0.5, 0.6) is 5.75 Å². The minimum Gasteiger partial charge on any atom is -0.508 e. The predicted molar refractivity (Wildman–Crippen MR) is 74.5 cm³/mol. The van der Waals surface area contributed by atoms with Gasteiger partial charge < -0.3 is 10.4 Å². The fraction of sp³-hybridized carbons (Fsp3) is 0.0769. The van der Waals surface area contributed by atoms with Crippen LogP contribution in [0.25, 0.3) is 0 Å². The van der Waals surface area contributed by atoms with Crippen molar-refractivity contribution in [2.45, 2.75) is 6.54 Å². The average molecular weight is 361 g/mol. The number of nitrogens with one attached hydrogen (secondary N) is 1. The second-order valence-corrected chi connectivity index (χ2v) is 4.85. The summed E-state index contributed by atoms with van der Waals surface area (Å²) in [5.41, 5.74) is 1.23. The highest BCUT2D eigenvalue weighted by molar-refractivity contribution is 14.1. The molecule has 0 radical (unpaired) electrons. The van der Waals surface area contributed by atoms with Gasteiger partial charge >= 0.3 is 0 Å². The molecule has 0 heterocycles. The Morgan fingerprint density at radius 3 is 2.67 bits per heavy atom. The molecule has 0 aliphatic carbocycles. The van der Waals surface area contributed by atoms with E-state index in [1.807, 2.05) is 22.6 Å². The lowest BCUT2D eigenvalue weighted by atomic mass is 10.2. The number of phenolic OH excluding ortho intramolecular Hbond substituents is 1. The van der Waals surface area contributed by atoms with Crippen molar-refractivity contribution >= 4 is 28.3 Å². The van der Waals surface area contributed by atoms with Gasteiger partial charge in [0.15, 0.2) is 0 Å². The fourth-order valence-corrected chi connectivity index (χ4v) is 2.12. The van der Waals surface area contributed by atoms with Crippen molar-refractivity contribution in [1.82, 2.24) is 0 Å². The van der Waals surface area contributed by atoms with Crippen LogP contribution < -0.4 is 5.32 Å². The molecular formula is C13H10F2INO. The van der Waals surface area contributed by atoms with E-state index < -0.39 is 5.82 Å². The van der Waals surface area contributed by atoms with E-state index in [1.165, 1.54) is 18.2 Å². The van der Waals surface area contributed by atoms with Gasteiger partial charge in [-0.15, -0.1) is 0 Å². The summed E-state index contributed by atoms with van der Waals surface area (Å²) < 4.78 is 26.8. The Hall–Kier alpha value is -1.37. The maximum Gasteiger partial charge on any atom is 0.138 e. The first-order chi connectivity index (χ1) is 8.56. The monoisotopic (exact) mass is 361 g/mol. The lowest BCUT2D eigenvalue weighted by Gasteiger charge is -2.09. The van der Waals surface area contributed by atoms with Crippen molar-refractivity contribution < 1.29 is 13.9 Å². The Kier molecular flexibility index (Phi) is 4.00. The average Bonchev–Trinajstić information content (AvgIpc) is 2.30. The first-order valence-electron chi connectivity index (χ1n) is 5.22. The minimum atomic E-state index is -0.499. The maximum absolute atomic E-state index is 13.3. The molecule has 0 saturated carbocycles. The van der Waals surface area contributed by atoms with E-state index >= 15 is 0 Å². The zero-order chi connectivity index (χ0) is 13.1. The second-order valence-electron chi connectivity index (χ2n) is 3.77. The molecule has 0 aliphatic rings. The van der Waals surface area contributed by atoms with Gasteiger partial charge in [0.05, 0.1) is 9.26 Å². The minimum absolute atomic E-state index is 0.124. The number of benzene rings is 2. The van der Waals surface area contributed by atoms with E-state index in [9.17, 15) is 13.9 Å². The van der Waals surface area contributed by atoms with Crippen LogP contribution in [0, 0.1) is 15.2 Å². The van der Waals surface area contributed by atoms with Crippen molar-refractivity contribution in [3.63, 3.8) is 0 Å². The highest BCUT2D eigenvalue weighted by Crippen LogP contribution is 2.22. The number of hydrogen-bond acceptors (Lipinski definition) is 2. The molecule has 0 aromatic heterocycles. The number of hydrogen-bond donors (Lipinski definition) is 2. The summed E-state index contributed by atoms with van der Waals surface area (Å²) >= 11 is 1.90. The Morgan fingerprint density at radius 2 is 1.94 bits per heavy atom. The summed E-state index contributed by atoms with van der Waals surface area (Å²) in [6.07, 6.45) is 0. The Labute approximate surface area is 117 Å². The molecule has 0 fully saturated rings. The van der Waals surface area contributed by atoms with Gasteiger partial charge in [-0.05, 0) is 52.4 Å². The third-order valence-electron chi connectivity index (χ3n) is 2.38. The van der Waals surface area contributed by atoms with Gasteiger partial charge in [0.2, 0.25) is 0 Å². The van der Waals surface area contributed by atoms with Crippen LogP contribution in [-0.2, 0) is 6.54 Å². The summed E-state index contributed by atoms with van der Waals surface area (Å²) in [6.45, 7) is 0.310. The molecule has 2 aromatic rings. The molecule has 0 aliphatic heterocycles. The van der Waals surface area contributed by atoms with Crippen molar-refractivity contribution in [3.05, 3.63) is 57.2 Å². The number of rotatable bonds is 3. The third-order valence-corrected chi connectivity index (χ3v) is 3.47. The first kappa shape index (κ1) is 13.1. The molecule has 0 saturated heterocycles. The molecule has 94 valence electrons. The van der Waals surface area contributed by atoms with E-state index in [2.05, 4.69) is 5.32 Å². The smallest absolute Gasteiger partial charge is 0.138 e. The largest absolute Gasteiger partial charge is 0.508 e. The van der Waals surface area contributed by atoms with Gasteiger partial charge in [-0.1, -0.05) is 6.07 Å². The van der Waals surface area contributed by atoms with Gasteiger partial charge in [0.25, 0.3) is 0 Å². The van der Waals surface area contributed by atoms with Crippen molar-refractivity contribution in [1.29, 1.82) is 0 Å². The van der Waals surface area contributed by atoms with Crippen molar-refractivity contribution in [2.75, 3.05) is 5.32 Å². The van der Waals surface area contributed by atoms with E-state index in [1.54, 1.807) is 12.1 Å². The Bertz CT molecular complexity index is 555. The number of anilines is 1. The molecule has 0 spiro atoms. The van der Waals surface area contributed by atoms with Crippen molar-refractivity contribution in [2.24, 2.45) is 0 Å². The normalized spacial score (nSPS) is 10.4. The van der Waals surface area contributed by atoms with Crippen LogP contribution in [0.4, 0.5) is 14.5 Å². The molecule has 0 amide bonds. The van der Waals surface area contributed by atoms with Gasteiger partial charge in [-0.3, -0.25) is 0 Å². The summed E-state index contributed by atoms with van der Waals surface area (Å²) in [5, 5.41) is 12.3. The Morgan fingerprint density at radius 1 is 1.17 bits per heavy atom. The van der Waals surface area contributed by atoms with Crippen LogP contribution in [-0.4, -0.2) is 5.11 Å². The summed E-state index contributed by atoms with van der Waals surface area (Å²) in [4.78, 5) is 0. The van der Waals surface area contributed by atoms with E-state index in [0.717, 1.165) is 6.07 Å². The second kappa shape index (κ2) is 5.51. The molecule has 2 aromatic carbocycles. The van der Waals surface area contributed by atoms with Crippen LogP contribution in [0.1, 0.15) is 5.56 Å². The van der Waals surface area contributed by atoms with Crippen LogP contribution >= 0.6 is 22.6 Å². The maximum atomic E-state index is 13.3. The summed E-state index contributed by atoms with van der Waals surface area (Å²) in [7, 11) is 0. The molecule has 0 bridgehead atoms. The Balaban J connectivity index is 2.14. The van der Waals surface area contributed by atoms with Gasteiger partial charge in [0, 0.05) is 12.6 Å². The quantitative estimate of drug-likeness (QED) is 0.814. The number of phenols is 1. The molecule has 0 unspecified atom stereocenters. The van der Waals surface area contributed by atoms with Crippen LogP contribution in [0.15, 0.2) is 36.4 Å². The lowest BCUT2D eigenvalue weighted by Crippen LogP contribution is -2.02. The molecule has 18 heavy (non-hydrogen) atoms.